The zero-order valence-corrected chi connectivity index (χ0v) is 28.4. The van der Waals surface area contributed by atoms with Gasteiger partial charge in [-0.25, -0.2) is 9.37 Å². The topological polar surface area (TPSA) is 127 Å². The first-order valence-corrected chi connectivity index (χ1v) is 17.4. The highest BCUT2D eigenvalue weighted by molar-refractivity contribution is 9.10. The average molecular weight is 696 g/mol. The van der Waals surface area contributed by atoms with Crippen LogP contribution in [0.1, 0.15) is 5.56 Å². The molecule has 5 rings (SSSR count). The Kier molecular flexibility index (Phi) is 10.4. The molecule has 3 heterocycles. The maximum Gasteiger partial charge on any atom is 0.229 e. The first kappa shape index (κ1) is 32.5. The summed E-state index contributed by atoms with van der Waals surface area (Å²) in [4.78, 5) is 22.6. The molecular weight excluding hydrogens is 658 g/mol. The quantitative estimate of drug-likeness (QED) is 0.121. The summed E-state index contributed by atoms with van der Waals surface area (Å²) in [7, 11) is 4.82. The molecule has 0 aliphatic carbocycles. The number of halogens is 2. The molecule has 1 aliphatic rings. The zero-order chi connectivity index (χ0) is 32.1. The van der Waals surface area contributed by atoms with E-state index < -0.39 is 14.6 Å². The number of anilines is 5. The van der Waals surface area contributed by atoms with Crippen molar-refractivity contribution < 1.29 is 9.13 Å². The molecule has 1 atom stereocenters. The van der Waals surface area contributed by atoms with E-state index in [4.69, 9.17) is 15.1 Å². The maximum absolute atomic E-state index is 13.9. The Balaban J connectivity index is 1.52. The van der Waals surface area contributed by atoms with Crippen LogP contribution in [0, 0.1) is 5.41 Å². The van der Waals surface area contributed by atoms with Crippen molar-refractivity contribution in [2.24, 2.45) is 0 Å². The van der Waals surface area contributed by atoms with Crippen molar-refractivity contribution in [2.45, 2.75) is 6.04 Å². The van der Waals surface area contributed by atoms with Crippen LogP contribution in [-0.4, -0.2) is 97.9 Å². The second kappa shape index (κ2) is 14.4. The molecule has 0 radical (unpaired) electrons. The molecular formula is C31H37BrFN10OP. The van der Waals surface area contributed by atoms with Gasteiger partial charge >= 0.3 is 0 Å². The van der Waals surface area contributed by atoms with Crippen LogP contribution in [0.4, 0.5) is 33.2 Å². The summed E-state index contributed by atoms with van der Waals surface area (Å²) in [5.41, 5.74) is 5.55. The lowest BCUT2D eigenvalue weighted by atomic mass is 10.0. The van der Waals surface area contributed by atoms with Crippen LogP contribution >= 0.6 is 23.9 Å². The first-order valence-electron chi connectivity index (χ1n) is 14.4. The van der Waals surface area contributed by atoms with E-state index in [0.717, 1.165) is 39.8 Å². The van der Waals surface area contributed by atoms with Crippen molar-refractivity contribution in [1.82, 2.24) is 30.2 Å². The Morgan fingerprint density at radius 3 is 2.67 bits per heavy atom. The highest BCUT2D eigenvalue weighted by atomic mass is 79.9. The van der Waals surface area contributed by atoms with Crippen LogP contribution in [0.25, 0.3) is 16.6 Å². The highest BCUT2D eigenvalue weighted by Crippen LogP contribution is 2.39. The molecule has 1 saturated heterocycles. The van der Waals surface area contributed by atoms with Gasteiger partial charge in [-0.3, -0.25) is 14.9 Å². The van der Waals surface area contributed by atoms with E-state index in [0.29, 0.717) is 46.3 Å². The number of piperazine rings is 1. The minimum absolute atomic E-state index is 0.221. The van der Waals surface area contributed by atoms with Gasteiger partial charge in [-0.15, -0.1) is 0 Å². The maximum atomic E-state index is 13.9. The summed E-state index contributed by atoms with van der Waals surface area (Å²) < 4.78 is 20.4. The fraction of sp³-hybridized carbons (Fsp3) is 0.323. The standard InChI is InChI=1S/C31H37BrFN10OP/c1-35-16-19(15-34)21-12-25(27(44-3)13-26(21)43-11-10-42(2)20(14-33)18-43)40-31-38-17-22(32)30(41-31)39-24-7-6-23-28(29(24)45(4)5)37-9-8-36-23/h6-9,12-13,15-17,20,34-35H,10-11,14,18H2,1-5H3,(H2,38,39,40,41)/b19-16+,34-15?. The lowest BCUT2D eigenvalue weighted by Gasteiger charge is -2.40. The van der Waals surface area contributed by atoms with E-state index in [1.807, 2.05) is 36.2 Å². The Bertz CT molecular complexity index is 1720. The third-order valence-electron chi connectivity index (χ3n) is 7.68. The third kappa shape index (κ3) is 7.00. The van der Waals surface area contributed by atoms with Crippen LogP contribution in [-0.2, 0) is 0 Å². The van der Waals surface area contributed by atoms with E-state index in [2.05, 4.69) is 65.1 Å². The normalized spacial score (nSPS) is 15.8. The van der Waals surface area contributed by atoms with Crippen molar-refractivity contribution in [3.63, 3.8) is 0 Å². The molecule has 45 heavy (non-hydrogen) atoms. The van der Waals surface area contributed by atoms with Crippen molar-refractivity contribution in [1.29, 1.82) is 5.41 Å². The molecule has 2 aromatic heterocycles. The largest absolute Gasteiger partial charge is 0.494 e. The van der Waals surface area contributed by atoms with Crippen LogP contribution in [0.2, 0.25) is 0 Å². The predicted molar refractivity (Wildman–Crippen MR) is 188 cm³/mol. The fourth-order valence-corrected chi connectivity index (χ4v) is 6.85. The van der Waals surface area contributed by atoms with Crippen LogP contribution in [0.3, 0.4) is 0 Å². The van der Waals surface area contributed by atoms with Gasteiger partial charge in [0.15, 0.2) is 0 Å². The number of nitrogens with zero attached hydrogens (tertiary/aromatic N) is 6. The van der Waals surface area contributed by atoms with Gasteiger partial charge in [-0.05, 0) is 54.5 Å². The molecule has 4 aromatic rings. The molecule has 0 bridgehead atoms. The molecule has 1 fully saturated rings. The molecule has 1 aliphatic heterocycles. The third-order valence-corrected chi connectivity index (χ3v) is 9.61. The Hall–Kier alpha value is -3.93. The SMILES string of the molecule is CN/C=C(\C=N)c1cc(Nc2ncc(Br)c(Nc3ccc4nccnc4c3P(C)C)n2)c(OC)cc1N1CCN(C)C(CF)C1. The number of aromatic nitrogens is 4. The van der Waals surface area contributed by atoms with Crippen molar-refractivity contribution in [2.75, 3.05) is 76.4 Å². The van der Waals surface area contributed by atoms with Gasteiger partial charge in [0.1, 0.15) is 18.2 Å². The molecule has 0 amide bonds. The molecule has 11 nitrogen and oxygen atoms in total. The highest BCUT2D eigenvalue weighted by Gasteiger charge is 2.27. The Morgan fingerprint density at radius 2 is 1.96 bits per heavy atom. The van der Waals surface area contributed by atoms with Gasteiger partial charge in [-0.1, -0.05) is 7.92 Å². The monoisotopic (exact) mass is 694 g/mol. The van der Waals surface area contributed by atoms with Crippen LogP contribution in [0.15, 0.2) is 53.5 Å². The number of alkyl halides is 1. The number of ether oxygens (including phenoxy) is 1. The number of hydrogen-bond donors (Lipinski definition) is 4. The minimum atomic E-state index is -0.519. The predicted octanol–water partition coefficient (Wildman–Crippen LogP) is 5.34. The second-order valence-electron chi connectivity index (χ2n) is 10.8. The molecule has 1 unspecified atom stereocenters. The minimum Gasteiger partial charge on any atom is -0.494 e. The number of nitrogens with one attached hydrogen (secondary N) is 4. The van der Waals surface area contributed by atoms with E-state index >= 15 is 0 Å². The van der Waals surface area contributed by atoms with Crippen LogP contribution in [0.5, 0.6) is 5.75 Å². The summed E-state index contributed by atoms with van der Waals surface area (Å²) in [6, 6.07) is 7.58. The average Bonchev–Trinajstić information content (AvgIpc) is 3.05. The lowest BCUT2D eigenvalue weighted by Crippen LogP contribution is -2.52. The van der Waals surface area contributed by atoms with Crippen LogP contribution < -0.4 is 30.9 Å². The lowest BCUT2D eigenvalue weighted by molar-refractivity contribution is 0.183. The smallest absolute Gasteiger partial charge is 0.229 e. The number of benzene rings is 2. The molecule has 236 valence electrons. The molecule has 0 saturated carbocycles. The summed E-state index contributed by atoms with van der Waals surface area (Å²) in [5.74, 6) is 1.49. The van der Waals surface area contributed by atoms with Crippen molar-refractivity contribution in [3.8, 4) is 5.75 Å². The Morgan fingerprint density at radius 1 is 1.16 bits per heavy atom. The van der Waals surface area contributed by atoms with Gasteiger partial charge in [0.05, 0.1) is 34.3 Å². The van der Waals surface area contributed by atoms with Gasteiger partial charge in [0.25, 0.3) is 0 Å². The number of methoxy groups -OCH3 is 1. The number of fused-ring (bicyclic) bond motifs is 1. The molecule has 14 heteroatoms. The summed E-state index contributed by atoms with van der Waals surface area (Å²) in [6.07, 6.45) is 8.16. The number of hydrogen-bond acceptors (Lipinski definition) is 11. The van der Waals surface area contributed by atoms with Gasteiger partial charge < -0.3 is 31.0 Å². The second-order valence-corrected chi connectivity index (χ2v) is 13.8. The van der Waals surface area contributed by atoms with Crippen molar-refractivity contribution in [3.05, 3.63) is 59.1 Å². The van der Waals surface area contributed by atoms with Crippen molar-refractivity contribution >= 4 is 80.8 Å². The van der Waals surface area contributed by atoms with E-state index in [1.165, 1.54) is 6.21 Å². The molecule has 0 spiro atoms. The molecule has 2 aromatic carbocycles. The van der Waals surface area contributed by atoms with Gasteiger partial charge in [-0.2, -0.15) is 4.98 Å². The summed E-state index contributed by atoms with van der Waals surface area (Å²) in [6.45, 7) is 5.89. The molecule has 4 N–H and O–H groups in total. The Labute approximate surface area is 272 Å². The van der Waals surface area contributed by atoms with E-state index in [9.17, 15) is 4.39 Å². The van der Waals surface area contributed by atoms with E-state index in [-0.39, 0.29) is 6.04 Å². The summed E-state index contributed by atoms with van der Waals surface area (Å²) in [5, 5.41) is 19.1. The zero-order valence-electron chi connectivity index (χ0n) is 25.9. The fourth-order valence-electron chi connectivity index (χ4n) is 5.35. The summed E-state index contributed by atoms with van der Waals surface area (Å²) >= 11 is 3.60. The number of rotatable bonds is 11. The van der Waals surface area contributed by atoms with E-state index in [1.54, 1.807) is 38.9 Å². The van der Waals surface area contributed by atoms with Gasteiger partial charge in [0.2, 0.25) is 5.95 Å². The first-order chi connectivity index (χ1) is 21.8. The van der Waals surface area contributed by atoms with Gasteiger partial charge in [0, 0.05) is 91.6 Å². The number of allylic oxidation sites excluding steroid dienone is 1. The number of likely N-dealkylation sites (N-methyl/N-ethyl adjacent to an activating group) is 1.